The van der Waals surface area contributed by atoms with Crippen molar-refractivity contribution in [2.45, 2.75) is 19.3 Å². The summed E-state index contributed by atoms with van der Waals surface area (Å²) in [5.41, 5.74) is 2.32. The first-order valence-corrected chi connectivity index (χ1v) is 6.10. The molecule has 18 heavy (non-hydrogen) atoms. The van der Waals surface area contributed by atoms with Gasteiger partial charge in [0.25, 0.3) is 0 Å². The standard InChI is InChI=1S/C14H17NO3/c1-3-15(9-13(16)18-2)14(17)12-8-10-6-4-5-7-11(10)12/h4-7,12H,3,8-9H2,1-2H3. The predicted molar refractivity (Wildman–Crippen MR) is 67.2 cm³/mol. The Balaban J connectivity index is 2.06. The Morgan fingerprint density at radius 1 is 1.39 bits per heavy atom. The van der Waals surface area contributed by atoms with Gasteiger partial charge in [0.2, 0.25) is 5.91 Å². The number of esters is 1. The summed E-state index contributed by atoms with van der Waals surface area (Å²) in [7, 11) is 1.33. The van der Waals surface area contributed by atoms with Crippen molar-refractivity contribution in [3.05, 3.63) is 35.4 Å². The largest absolute Gasteiger partial charge is 0.468 e. The van der Waals surface area contributed by atoms with Crippen molar-refractivity contribution in [3.8, 4) is 0 Å². The Kier molecular flexibility index (Phi) is 3.65. The van der Waals surface area contributed by atoms with Crippen molar-refractivity contribution in [2.24, 2.45) is 0 Å². The lowest BCUT2D eigenvalue weighted by atomic mass is 9.77. The lowest BCUT2D eigenvalue weighted by Gasteiger charge is -2.33. The number of rotatable bonds is 4. The maximum atomic E-state index is 12.3. The highest BCUT2D eigenvalue weighted by Gasteiger charge is 2.34. The summed E-state index contributed by atoms with van der Waals surface area (Å²) in [5.74, 6) is -0.454. The molecular formula is C14H17NO3. The van der Waals surface area contributed by atoms with Crippen LogP contribution in [-0.2, 0) is 20.7 Å². The molecule has 4 nitrogen and oxygen atoms in total. The molecule has 1 aromatic carbocycles. The van der Waals surface area contributed by atoms with E-state index in [1.165, 1.54) is 12.7 Å². The van der Waals surface area contributed by atoms with Gasteiger partial charge < -0.3 is 9.64 Å². The first kappa shape index (κ1) is 12.6. The maximum Gasteiger partial charge on any atom is 0.325 e. The average Bonchev–Trinajstić information content (AvgIpc) is 2.36. The Morgan fingerprint density at radius 2 is 2.11 bits per heavy atom. The van der Waals surface area contributed by atoms with Gasteiger partial charge in [0.05, 0.1) is 13.0 Å². The summed E-state index contributed by atoms with van der Waals surface area (Å²) in [4.78, 5) is 25.1. The molecule has 0 saturated carbocycles. The zero-order chi connectivity index (χ0) is 13.1. The second kappa shape index (κ2) is 5.21. The molecule has 1 aliphatic carbocycles. The van der Waals surface area contributed by atoms with Crippen molar-refractivity contribution in [1.29, 1.82) is 0 Å². The van der Waals surface area contributed by atoms with Gasteiger partial charge in [0, 0.05) is 6.54 Å². The average molecular weight is 247 g/mol. The van der Waals surface area contributed by atoms with Crippen LogP contribution in [0.1, 0.15) is 24.0 Å². The number of carbonyl (C=O) groups excluding carboxylic acids is 2. The maximum absolute atomic E-state index is 12.3. The second-order valence-corrected chi connectivity index (χ2v) is 4.38. The van der Waals surface area contributed by atoms with E-state index in [4.69, 9.17) is 0 Å². The number of benzene rings is 1. The van der Waals surface area contributed by atoms with Crippen molar-refractivity contribution >= 4 is 11.9 Å². The fourth-order valence-electron chi connectivity index (χ4n) is 2.27. The minimum Gasteiger partial charge on any atom is -0.468 e. The lowest BCUT2D eigenvalue weighted by Crippen LogP contribution is -2.42. The van der Waals surface area contributed by atoms with Crippen LogP contribution in [0.2, 0.25) is 0 Å². The molecule has 0 heterocycles. The van der Waals surface area contributed by atoms with Crippen molar-refractivity contribution in [2.75, 3.05) is 20.2 Å². The van der Waals surface area contributed by atoms with Gasteiger partial charge >= 0.3 is 5.97 Å². The summed E-state index contributed by atoms with van der Waals surface area (Å²) >= 11 is 0. The van der Waals surface area contributed by atoms with Gasteiger partial charge in [-0.05, 0) is 24.5 Å². The van der Waals surface area contributed by atoms with Crippen molar-refractivity contribution in [1.82, 2.24) is 4.90 Å². The normalized spacial score (nSPS) is 16.4. The quantitative estimate of drug-likeness (QED) is 0.754. The Bertz CT molecular complexity index is 470. The molecule has 0 aromatic heterocycles. The molecule has 0 N–H and O–H groups in total. The molecule has 96 valence electrons. The zero-order valence-corrected chi connectivity index (χ0v) is 10.7. The first-order chi connectivity index (χ1) is 8.67. The Labute approximate surface area is 107 Å². The zero-order valence-electron chi connectivity index (χ0n) is 10.7. The highest BCUT2D eigenvalue weighted by atomic mass is 16.5. The van der Waals surface area contributed by atoms with Gasteiger partial charge in [-0.25, -0.2) is 0 Å². The highest BCUT2D eigenvalue weighted by Crippen LogP contribution is 2.36. The van der Waals surface area contributed by atoms with E-state index in [1.807, 2.05) is 31.2 Å². The number of carbonyl (C=O) groups is 2. The molecule has 1 unspecified atom stereocenters. The van der Waals surface area contributed by atoms with Crippen LogP contribution >= 0.6 is 0 Å². The minimum absolute atomic E-state index is 0.0154. The van der Waals surface area contributed by atoms with E-state index >= 15 is 0 Å². The fraction of sp³-hybridized carbons (Fsp3) is 0.429. The smallest absolute Gasteiger partial charge is 0.325 e. The summed E-state index contributed by atoms with van der Waals surface area (Å²) in [6.45, 7) is 2.42. The van der Waals surface area contributed by atoms with Crippen LogP contribution < -0.4 is 0 Å². The van der Waals surface area contributed by atoms with Gasteiger partial charge in [-0.3, -0.25) is 9.59 Å². The number of likely N-dealkylation sites (N-methyl/N-ethyl adjacent to an activating group) is 1. The molecule has 1 amide bonds. The minimum atomic E-state index is -0.377. The number of hydrogen-bond donors (Lipinski definition) is 0. The van der Waals surface area contributed by atoms with Crippen LogP contribution in [0, 0.1) is 0 Å². The van der Waals surface area contributed by atoms with Crippen LogP contribution in [0.15, 0.2) is 24.3 Å². The van der Waals surface area contributed by atoms with Crippen LogP contribution in [0.4, 0.5) is 0 Å². The van der Waals surface area contributed by atoms with E-state index in [9.17, 15) is 9.59 Å². The predicted octanol–water partition coefficient (Wildman–Crippen LogP) is 1.35. The Morgan fingerprint density at radius 3 is 2.72 bits per heavy atom. The molecule has 2 rings (SSSR count). The van der Waals surface area contributed by atoms with E-state index in [0.717, 1.165) is 12.0 Å². The van der Waals surface area contributed by atoms with E-state index in [2.05, 4.69) is 4.74 Å². The van der Waals surface area contributed by atoms with Gasteiger partial charge in [0.15, 0.2) is 0 Å². The third kappa shape index (κ3) is 2.23. The molecular weight excluding hydrogens is 230 g/mol. The number of methoxy groups -OCH3 is 1. The monoisotopic (exact) mass is 247 g/mol. The molecule has 0 fully saturated rings. The molecule has 1 aromatic rings. The summed E-state index contributed by atoms with van der Waals surface area (Å²) in [6.07, 6.45) is 0.771. The van der Waals surface area contributed by atoms with Gasteiger partial charge in [0.1, 0.15) is 6.54 Å². The number of amides is 1. The summed E-state index contributed by atoms with van der Waals surface area (Å²) < 4.78 is 4.60. The van der Waals surface area contributed by atoms with Gasteiger partial charge in [-0.15, -0.1) is 0 Å². The van der Waals surface area contributed by atoms with Crippen molar-refractivity contribution in [3.63, 3.8) is 0 Å². The number of fused-ring (bicyclic) bond motifs is 1. The number of ether oxygens (including phenoxy) is 1. The third-order valence-corrected chi connectivity index (χ3v) is 3.39. The molecule has 4 heteroatoms. The second-order valence-electron chi connectivity index (χ2n) is 4.38. The molecule has 0 radical (unpaired) electrons. The molecule has 0 saturated heterocycles. The summed E-state index contributed by atoms with van der Waals surface area (Å²) in [5, 5.41) is 0. The first-order valence-electron chi connectivity index (χ1n) is 6.10. The molecule has 0 aliphatic heterocycles. The van der Waals surface area contributed by atoms with E-state index < -0.39 is 0 Å². The van der Waals surface area contributed by atoms with Crippen LogP contribution in [0.5, 0.6) is 0 Å². The third-order valence-electron chi connectivity index (χ3n) is 3.39. The number of nitrogens with zero attached hydrogens (tertiary/aromatic N) is 1. The van der Waals surface area contributed by atoms with E-state index in [0.29, 0.717) is 6.54 Å². The van der Waals surface area contributed by atoms with Crippen LogP contribution in [0.3, 0.4) is 0 Å². The SMILES string of the molecule is CCN(CC(=O)OC)C(=O)C1Cc2ccccc21. The topological polar surface area (TPSA) is 46.6 Å². The fourth-order valence-corrected chi connectivity index (χ4v) is 2.27. The highest BCUT2D eigenvalue weighted by molar-refractivity contribution is 5.89. The van der Waals surface area contributed by atoms with Gasteiger partial charge in [-0.2, -0.15) is 0 Å². The summed E-state index contributed by atoms with van der Waals surface area (Å²) in [6, 6.07) is 7.93. The molecule has 1 aliphatic rings. The lowest BCUT2D eigenvalue weighted by molar-refractivity contribution is -0.147. The van der Waals surface area contributed by atoms with Crippen LogP contribution in [-0.4, -0.2) is 37.0 Å². The number of hydrogen-bond acceptors (Lipinski definition) is 3. The van der Waals surface area contributed by atoms with Gasteiger partial charge in [-0.1, -0.05) is 24.3 Å². The van der Waals surface area contributed by atoms with Crippen molar-refractivity contribution < 1.29 is 14.3 Å². The molecule has 0 bridgehead atoms. The van der Waals surface area contributed by atoms with E-state index in [-0.39, 0.29) is 24.3 Å². The molecule has 0 spiro atoms. The van der Waals surface area contributed by atoms with Crippen LogP contribution in [0.25, 0.3) is 0 Å². The Hall–Kier alpha value is -1.84. The molecule has 1 atom stereocenters. The van der Waals surface area contributed by atoms with E-state index in [1.54, 1.807) is 4.90 Å².